The predicted molar refractivity (Wildman–Crippen MR) is 107 cm³/mol. The quantitative estimate of drug-likeness (QED) is 0.738. The van der Waals surface area contributed by atoms with Gasteiger partial charge in [-0.1, -0.05) is 36.4 Å². The second kappa shape index (κ2) is 7.68. The number of amides is 2. The van der Waals surface area contributed by atoms with Crippen molar-refractivity contribution in [1.82, 2.24) is 15.2 Å². The first-order valence-electron chi connectivity index (χ1n) is 9.39. The van der Waals surface area contributed by atoms with Crippen molar-refractivity contribution < 1.29 is 9.59 Å². The Morgan fingerprint density at radius 2 is 1.64 bits per heavy atom. The molecule has 4 rings (SSSR count). The van der Waals surface area contributed by atoms with E-state index in [-0.39, 0.29) is 23.4 Å². The number of carbonyl (C=O) groups excluding carboxylic acids is 2. The molecule has 28 heavy (non-hydrogen) atoms. The van der Waals surface area contributed by atoms with Crippen LogP contribution in [0.25, 0.3) is 10.8 Å². The normalized spacial score (nSPS) is 14.8. The number of aromatic amines is 1. The van der Waals surface area contributed by atoms with E-state index >= 15 is 0 Å². The summed E-state index contributed by atoms with van der Waals surface area (Å²) in [4.78, 5) is 41.7. The Balaban J connectivity index is 1.40. The predicted octanol–water partition coefficient (Wildman–Crippen LogP) is 2.56. The van der Waals surface area contributed by atoms with Gasteiger partial charge in [0.05, 0.1) is 0 Å². The number of hydrogen-bond acceptors (Lipinski definition) is 3. The molecule has 3 aromatic rings. The number of carbonyl (C=O) groups is 2. The van der Waals surface area contributed by atoms with Crippen LogP contribution in [0.3, 0.4) is 0 Å². The minimum absolute atomic E-state index is 0.0346. The van der Waals surface area contributed by atoms with Gasteiger partial charge in [-0.25, -0.2) is 0 Å². The van der Waals surface area contributed by atoms with Gasteiger partial charge in [0.15, 0.2) is 0 Å². The summed E-state index contributed by atoms with van der Waals surface area (Å²) in [6, 6.07) is 18.1. The fraction of sp³-hybridized carbons (Fsp3) is 0.227. The molecule has 2 aromatic carbocycles. The van der Waals surface area contributed by atoms with Gasteiger partial charge in [-0.3, -0.25) is 14.4 Å². The number of nitrogens with zero attached hydrogens (tertiary/aromatic N) is 1. The van der Waals surface area contributed by atoms with Gasteiger partial charge < -0.3 is 15.2 Å². The Kier molecular flexibility index (Phi) is 4.93. The molecular formula is C22H21N3O3. The largest absolute Gasteiger partial charge is 0.349 e. The van der Waals surface area contributed by atoms with Crippen molar-refractivity contribution in [2.24, 2.45) is 0 Å². The molecule has 0 atom stereocenters. The number of H-pyrrole nitrogens is 1. The number of rotatable bonds is 3. The van der Waals surface area contributed by atoms with Crippen molar-refractivity contribution >= 4 is 22.6 Å². The second-order valence-corrected chi connectivity index (χ2v) is 7.01. The first kappa shape index (κ1) is 18.0. The number of benzene rings is 2. The van der Waals surface area contributed by atoms with Crippen LogP contribution in [-0.4, -0.2) is 40.8 Å². The van der Waals surface area contributed by atoms with Crippen LogP contribution in [-0.2, 0) is 0 Å². The molecule has 2 amide bonds. The van der Waals surface area contributed by atoms with Gasteiger partial charge in [0.1, 0.15) is 5.69 Å². The highest BCUT2D eigenvalue weighted by atomic mass is 16.2. The lowest BCUT2D eigenvalue weighted by molar-refractivity contribution is 0.0692. The maximum absolute atomic E-state index is 12.8. The zero-order valence-electron chi connectivity index (χ0n) is 15.4. The van der Waals surface area contributed by atoms with Crippen LogP contribution in [0.2, 0.25) is 0 Å². The van der Waals surface area contributed by atoms with Crippen LogP contribution in [0.4, 0.5) is 0 Å². The summed E-state index contributed by atoms with van der Waals surface area (Å²) in [6.07, 6.45) is 1.37. The third kappa shape index (κ3) is 3.67. The number of hydrogen-bond donors (Lipinski definition) is 2. The molecule has 1 aliphatic heterocycles. The van der Waals surface area contributed by atoms with Gasteiger partial charge in [-0.2, -0.15) is 0 Å². The molecule has 0 bridgehead atoms. The number of aromatic nitrogens is 1. The summed E-state index contributed by atoms with van der Waals surface area (Å²) in [5, 5.41) is 4.35. The number of piperidine rings is 1. The van der Waals surface area contributed by atoms with Gasteiger partial charge in [0.2, 0.25) is 0 Å². The average molecular weight is 375 g/mol. The fourth-order valence-electron chi connectivity index (χ4n) is 3.58. The van der Waals surface area contributed by atoms with Gasteiger partial charge in [-0.05, 0) is 42.5 Å². The molecule has 0 aliphatic carbocycles. The van der Waals surface area contributed by atoms with Crippen LogP contribution in [0, 0.1) is 0 Å². The molecule has 0 radical (unpaired) electrons. The highest BCUT2D eigenvalue weighted by molar-refractivity contribution is 5.96. The molecule has 142 valence electrons. The smallest absolute Gasteiger partial charge is 0.270 e. The van der Waals surface area contributed by atoms with E-state index in [1.54, 1.807) is 35.2 Å². The molecule has 1 aromatic heterocycles. The Morgan fingerprint density at radius 1 is 0.964 bits per heavy atom. The highest BCUT2D eigenvalue weighted by Gasteiger charge is 2.25. The minimum Gasteiger partial charge on any atom is -0.349 e. The lowest BCUT2D eigenvalue weighted by Gasteiger charge is -2.32. The van der Waals surface area contributed by atoms with Crippen LogP contribution in [0.5, 0.6) is 0 Å². The van der Waals surface area contributed by atoms with Crippen molar-refractivity contribution in [3.05, 3.63) is 82.3 Å². The summed E-state index contributed by atoms with van der Waals surface area (Å²) >= 11 is 0. The monoisotopic (exact) mass is 375 g/mol. The third-order valence-corrected chi connectivity index (χ3v) is 5.14. The minimum atomic E-state index is -0.258. The van der Waals surface area contributed by atoms with E-state index in [2.05, 4.69) is 10.3 Å². The zero-order chi connectivity index (χ0) is 19.5. The van der Waals surface area contributed by atoms with E-state index in [0.717, 1.165) is 5.39 Å². The molecule has 2 heterocycles. The lowest BCUT2D eigenvalue weighted by atomic mass is 10.0. The van der Waals surface area contributed by atoms with Crippen LogP contribution < -0.4 is 10.9 Å². The second-order valence-electron chi connectivity index (χ2n) is 7.01. The topological polar surface area (TPSA) is 82.3 Å². The van der Waals surface area contributed by atoms with Gasteiger partial charge in [-0.15, -0.1) is 0 Å². The number of nitrogens with one attached hydrogen (secondary N) is 2. The number of fused-ring (bicyclic) bond motifs is 1. The maximum atomic E-state index is 12.8. The maximum Gasteiger partial charge on any atom is 0.270 e. The summed E-state index contributed by atoms with van der Waals surface area (Å²) in [5.74, 6) is -0.278. The summed E-state index contributed by atoms with van der Waals surface area (Å²) in [7, 11) is 0. The lowest BCUT2D eigenvalue weighted by Crippen LogP contribution is -2.46. The third-order valence-electron chi connectivity index (χ3n) is 5.14. The molecule has 0 spiro atoms. The van der Waals surface area contributed by atoms with Gasteiger partial charge in [0.25, 0.3) is 17.4 Å². The first-order valence-corrected chi connectivity index (χ1v) is 9.39. The number of pyridine rings is 1. The molecule has 0 saturated carbocycles. The fourth-order valence-corrected chi connectivity index (χ4v) is 3.58. The van der Waals surface area contributed by atoms with Crippen molar-refractivity contribution in [1.29, 1.82) is 0 Å². The van der Waals surface area contributed by atoms with Gasteiger partial charge >= 0.3 is 0 Å². The van der Waals surface area contributed by atoms with Crippen LogP contribution in [0.15, 0.2) is 65.5 Å². The molecule has 6 nitrogen and oxygen atoms in total. The molecule has 0 unspecified atom stereocenters. The zero-order valence-corrected chi connectivity index (χ0v) is 15.4. The van der Waals surface area contributed by atoms with Crippen LogP contribution in [0.1, 0.15) is 33.7 Å². The Labute approximate surface area is 162 Å². The summed E-state index contributed by atoms with van der Waals surface area (Å²) < 4.78 is 0. The van der Waals surface area contributed by atoms with E-state index in [4.69, 9.17) is 0 Å². The highest BCUT2D eigenvalue weighted by Crippen LogP contribution is 2.16. The molecule has 2 N–H and O–H groups in total. The molecular weight excluding hydrogens is 354 g/mol. The van der Waals surface area contributed by atoms with E-state index in [9.17, 15) is 14.4 Å². The van der Waals surface area contributed by atoms with E-state index < -0.39 is 0 Å². The standard InChI is InChI=1S/C22H21N3O3/c26-20(15-6-2-1-3-7-15)23-17-10-12-25(13-11-17)22(28)19-14-16-8-4-5-9-18(16)21(27)24-19/h1-9,14,17H,10-13H2,(H,23,26)(H,24,27). The van der Waals surface area contributed by atoms with Crippen molar-refractivity contribution in [2.45, 2.75) is 18.9 Å². The average Bonchev–Trinajstić information content (AvgIpc) is 2.74. The molecule has 1 fully saturated rings. The summed E-state index contributed by atoms with van der Waals surface area (Å²) in [6.45, 7) is 1.07. The Morgan fingerprint density at radius 3 is 2.39 bits per heavy atom. The van der Waals surface area contributed by atoms with E-state index in [0.29, 0.717) is 42.6 Å². The Hall–Kier alpha value is -3.41. The van der Waals surface area contributed by atoms with Crippen molar-refractivity contribution in [3.8, 4) is 0 Å². The van der Waals surface area contributed by atoms with Gasteiger partial charge in [0, 0.05) is 30.1 Å². The molecule has 6 heteroatoms. The molecule has 1 saturated heterocycles. The number of likely N-dealkylation sites (tertiary alicyclic amines) is 1. The molecule has 1 aliphatic rings. The van der Waals surface area contributed by atoms with Crippen LogP contribution >= 0.6 is 0 Å². The van der Waals surface area contributed by atoms with E-state index in [1.807, 2.05) is 30.3 Å². The SMILES string of the molecule is O=C(NC1CCN(C(=O)c2cc3ccccc3c(=O)[nH]2)CC1)c1ccccc1. The Bertz CT molecular complexity index is 1070. The van der Waals surface area contributed by atoms with Crippen molar-refractivity contribution in [3.63, 3.8) is 0 Å². The van der Waals surface area contributed by atoms with Crippen molar-refractivity contribution in [2.75, 3.05) is 13.1 Å². The summed E-state index contributed by atoms with van der Waals surface area (Å²) in [5.41, 5.74) is 0.677. The van der Waals surface area contributed by atoms with E-state index in [1.165, 1.54) is 0 Å². The first-order chi connectivity index (χ1) is 13.6.